The van der Waals surface area contributed by atoms with E-state index in [0.717, 1.165) is 25.1 Å². The van der Waals surface area contributed by atoms with Gasteiger partial charge in [-0.2, -0.15) is 0 Å². The first-order chi connectivity index (χ1) is 8.01. The van der Waals surface area contributed by atoms with Crippen LogP contribution in [-0.4, -0.2) is 18.0 Å². The molecule has 92 valence electrons. The third-order valence-electron chi connectivity index (χ3n) is 3.63. The van der Waals surface area contributed by atoms with Crippen LogP contribution >= 0.6 is 0 Å². The molecular formula is C14H20N2O. The summed E-state index contributed by atoms with van der Waals surface area (Å²) in [5.74, 6) is 0.0678. The molecule has 0 bridgehead atoms. The van der Waals surface area contributed by atoms with Crippen molar-refractivity contribution in [2.24, 2.45) is 0 Å². The van der Waals surface area contributed by atoms with Crippen LogP contribution < -0.4 is 10.6 Å². The van der Waals surface area contributed by atoms with Crippen LogP contribution in [0.25, 0.3) is 0 Å². The summed E-state index contributed by atoms with van der Waals surface area (Å²) in [5.41, 5.74) is 2.92. The molecule has 0 aliphatic carbocycles. The fraction of sp³-hybridized carbons (Fsp3) is 0.500. The predicted octanol–water partition coefficient (Wildman–Crippen LogP) is 2.38. The fourth-order valence-electron chi connectivity index (χ4n) is 2.18. The van der Waals surface area contributed by atoms with Gasteiger partial charge in [-0.15, -0.1) is 0 Å². The standard InChI is InChI=1S/C14H20N2O/c1-10-5-6-12(9-11(10)2)16-13(17)14(3)7-4-8-15-14/h5-6,9,15H,4,7-8H2,1-3H3,(H,16,17). The van der Waals surface area contributed by atoms with Crippen molar-refractivity contribution < 1.29 is 4.79 Å². The van der Waals surface area contributed by atoms with Crippen LogP contribution in [0.1, 0.15) is 30.9 Å². The van der Waals surface area contributed by atoms with Crippen molar-refractivity contribution in [3.8, 4) is 0 Å². The van der Waals surface area contributed by atoms with Crippen molar-refractivity contribution in [1.29, 1.82) is 0 Å². The average molecular weight is 232 g/mol. The molecule has 1 fully saturated rings. The number of nitrogens with one attached hydrogen (secondary N) is 2. The van der Waals surface area contributed by atoms with E-state index in [2.05, 4.69) is 24.5 Å². The molecule has 1 aromatic carbocycles. The van der Waals surface area contributed by atoms with E-state index in [9.17, 15) is 4.79 Å². The van der Waals surface area contributed by atoms with E-state index in [0.29, 0.717) is 0 Å². The lowest BCUT2D eigenvalue weighted by Gasteiger charge is -2.23. The van der Waals surface area contributed by atoms with E-state index in [4.69, 9.17) is 0 Å². The van der Waals surface area contributed by atoms with Crippen molar-refractivity contribution in [2.45, 2.75) is 39.2 Å². The number of anilines is 1. The highest BCUT2D eigenvalue weighted by Crippen LogP contribution is 2.21. The maximum absolute atomic E-state index is 12.2. The minimum Gasteiger partial charge on any atom is -0.324 e. The molecule has 17 heavy (non-hydrogen) atoms. The summed E-state index contributed by atoms with van der Waals surface area (Å²) >= 11 is 0. The number of rotatable bonds is 2. The second-order valence-corrected chi connectivity index (χ2v) is 5.12. The monoisotopic (exact) mass is 232 g/mol. The highest BCUT2D eigenvalue weighted by molar-refractivity contribution is 5.98. The Hall–Kier alpha value is -1.35. The zero-order valence-corrected chi connectivity index (χ0v) is 10.8. The first-order valence-electron chi connectivity index (χ1n) is 6.15. The lowest BCUT2D eigenvalue weighted by molar-refractivity contribution is -0.121. The van der Waals surface area contributed by atoms with Crippen LogP contribution in [-0.2, 0) is 4.79 Å². The Morgan fingerprint density at radius 3 is 2.71 bits per heavy atom. The third-order valence-corrected chi connectivity index (χ3v) is 3.63. The van der Waals surface area contributed by atoms with Crippen LogP contribution in [0, 0.1) is 13.8 Å². The van der Waals surface area contributed by atoms with Gasteiger partial charge in [-0.25, -0.2) is 0 Å². The molecule has 0 saturated carbocycles. The van der Waals surface area contributed by atoms with Crippen molar-refractivity contribution >= 4 is 11.6 Å². The van der Waals surface area contributed by atoms with Gasteiger partial charge in [0.15, 0.2) is 0 Å². The lowest BCUT2D eigenvalue weighted by atomic mass is 9.99. The summed E-state index contributed by atoms with van der Waals surface area (Å²) in [4.78, 5) is 12.2. The molecule has 3 nitrogen and oxygen atoms in total. The topological polar surface area (TPSA) is 41.1 Å². The maximum atomic E-state index is 12.2. The van der Waals surface area contributed by atoms with Gasteiger partial charge in [0.25, 0.3) is 0 Å². The average Bonchev–Trinajstić information content (AvgIpc) is 2.72. The quantitative estimate of drug-likeness (QED) is 0.822. The van der Waals surface area contributed by atoms with Crippen molar-refractivity contribution in [2.75, 3.05) is 11.9 Å². The summed E-state index contributed by atoms with van der Waals surface area (Å²) in [7, 11) is 0. The zero-order chi connectivity index (χ0) is 12.5. The smallest absolute Gasteiger partial charge is 0.244 e. The number of benzene rings is 1. The number of amides is 1. The zero-order valence-electron chi connectivity index (χ0n) is 10.8. The molecule has 1 heterocycles. The van der Waals surface area contributed by atoms with Crippen molar-refractivity contribution in [3.63, 3.8) is 0 Å². The number of hydrogen-bond acceptors (Lipinski definition) is 2. The number of carbonyl (C=O) groups is 1. The van der Waals surface area contributed by atoms with Crippen molar-refractivity contribution in [3.05, 3.63) is 29.3 Å². The van der Waals surface area contributed by atoms with Gasteiger partial charge in [-0.1, -0.05) is 6.07 Å². The maximum Gasteiger partial charge on any atom is 0.244 e. The molecule has 0 radical (unpaired) electrons. The van der Waals surface area contributed by atoms with Crippen molar-refractivity contribution in [1.82, 2.24) is 5.32 Å². The first-order valence-corrected chi connectivity index (χ1v) is 6.15. The van der Waals surface area contributed by atoms with Gasteiger partial charge in [0.1, 0.15) is 0 Å². The molecule has 1 aliphatic heterocycles. The molecule has 3 heteroatoms. The van der Waals surface area contributed by atoms with Gasteiger partial charge in [0, 0.05) is 5.69 Å². The molecule has 1 atom stereocenters. The van der Waals surface area contributed by atoms with Gasteiger partial charge in [0.2, 0.25) is 5.91 Å². The van der Waals surface area contributed by atoms with E-state index in [1.54, 1.807) is 0 Å². The predicted molar refractivity (Wildman–Crippen MR) is 70.2 cm³/mol. The Bertz CT molecular complexity index is 434. The van der Waals surface area contributed by atoms with E-state index >= 15 is 0 Å². The van der Waals surface area contributed by atoms with Gasteiger partial charge < -0.3 is 10.6 Å². The second kappa shape index (κ2) is 4.49. The van der Waals surface area contributed by atoms with Crippen LogP contribution in [0.15, 0.2) is 18.2 Å². The lowest BCUT2D eigenvalue weighted by Crippen LogP contribution is -2.47. The van der Waals surface area contributed by atoms with E-state index in [1.807, 2.05) is 25.1 Å². The van der Waals surface area contributed by atoms with E-state index < -0.39 is 5.54 Å². The van der Waals surface area contributed by atoms with Gasteiger partial charge in [-0.3, -0.25) is 4.79 Å². The normalized spacial score (nSPS) is 23.7. The highest BCUT2D eigenvalue weighted by atomic mass is 16.2. The van der Waals surface area contributed by atoms with E-state index in [1.165, 1.54) is 11.1 Å². The molecule has 2 N–H and O–H groups in total. The molecule has 1 aromatic rings. The van der Waals surface area contributed by atoms with E-state index in [-0.39, 0.29) is 5.91 Å². The Morgan fingerprint density at radius 2 is 2.12 bits per heavy atom. The molecule has 1 unspecified atom stereocenters. The molecule has 0 spiro atoms. The van der Waals surface area contributed by atoms with Crippen LogP contribution in [0.4, 0.5) is 5.69 Å². The Kier molecular flexibility index (Phi) is 3.20. The molecular weight excluding hydrogens is 212 g/mol. The van der Waals surface area contributed by atoms with Gasteiger partial charge >= 0.3 is 0 Å². The van der Waals surface area contributed by atoms with Gasteiger partial charge in [-0.05, 0) is 63.4 Å². The van der Waals surface area contributed by atoms with Crippen LogP contribution in [0.3, 0.4) is 0 Å². The number of carbonyl (C=O) groups excluding carboxylic acids is 1. The number of aryl methyl sites for hydroxylation is 2. The minimum absolute atomic E-state index is 0.0678. The Labute approximate surface area is 103 Å². The Balaban J connectivity index is 2.10. The fourth-order valence-corrected chi connectivity index (χ4v) is 2.18. The summed E-state index contributed by atoms with van der Waals surface area (Å²) in [6.07, 6.45) is 1.97. The van der Waals surface area contributed by atoms with Crippen LogP contribution in [0.2, 0.25) is 0 Å². The molecule has 2 rings (SSSR count). The summed E-state index contributed by atoms with van der Waals surface area (Å²) in [5, 5.41) is 6.26. The molecule has 1 saturated heterocycles. The first kappa shape index (κ1) is 12.1. The summed E-state index contributed by atoms with van der Waals surface area (Å²) in [6, 6.07) is 6.01. The van der Waals surface area contributed by atoms with Gasteiger partial charge in [0.05, 0.1) is 5.54 Å². The second-order valence-electron chi connectivity index (χ2n) is 5.12. The highest BCUT2D eigenvalue weighted by Gasteiger charge is 2.35. The largest absolute Gasteiger partial charge is 0.324 e. The minimum atomic E-state index is -0.404. The Morgan fingerprint density at radius 1 is 1.35 bits per heavy atom. The molecule has 1 aliphatic rings. The SMILES string of the molecule is Cc1ccc(NC(=O)C2(C)CCCN2)cc1C. The summed E-state index contributed by atoms with van der Waals surface area (Å²) in [6.45, 7) is 7.02. The van der Waals surface area contributed by atoms with Crippen LogP contribution in [0.5, 0.6) is 0 Å². The summed E-state index contributed by atoms with van der Waals surface area (Å²) < 4.78 is 0. The molecule has 1 amide bonds. The molecule has 0 aromatic heterocycles. The number of hydrogen-bond donors (Lipinski definition) is 2. The third kappa shape index (κ3) is 2.50.